The van der Waals surface area contributed by atoms with Gasteiger partial charge in [0.25, 0.3) is 0 Å². The highest BCUT2D eigenvalue weighted by Crippen LogP contribution is 2.30. The van der Waals surface area contributed by atoms with Gasteiger partial charge in [0.2, 0.25) is 0 Å². The van der Waals surface area contributed by atoms with Gasteiger partial charge >= 0.3 is 6.61 Å². The first kappa shape index (κ1) is 10.8. The van der Waals surface area contributed by atoms with Gasteiger partial charge in [-0.05, 0) is 6.08 Å². The maximum absolute atomic E-state index is 12.0. The predicted octanol–water partition coefficient (Wildman–Crippen LogP) is 1.57. The zero-order chi connectivity index (χ0) is 10.6. The Morgan fingerprint density at radius 3 is 2.86 bits per heavy atom. The summed E-state index contributed by atoms with van der Waals surface area (Å²) in [5.74, 6) is -2.83. The first-order chi connectivity index (χ1) is 6.58. The largest absolute Gasteiger partial charge is 0.362 e. The average Bonchev–Trinajstić information content (AvgIpc) is 2.08. The fourth-order valence-electron chi connectivity index (χ4n) is 1.24. The third-order valence-corrected chi connectivity index (χ3v) is 1.91. The van der Waals surface area contributed by atoms with Gasteiger partial charge in [-0.15, -0.1) is 0 Å². The summed E-state index contributed by atoms with van der Waals surface area (Å²) >= 11 is 0. The summed E-state index contributed by atoms with van der Waals surface area (Å²) in [6.07, 6.45) is 5.47. The molecule has 2 atom stereocenters. The number of nitriles is 1. The quantitative estimate of drug-likeness (QED) is 0.705. The van der Waals surface area contributed by atoms with Crippen LogP contribution in [-0.2, 0) is 4.74 Å². The molecule has 0 fully saturated rings. The van der Waals surface area contributed by atoms with E-state index in [2.05, 4.69) is 4.74 Å². The van der Waals surface area contributed by atoms with Gasteiger partial charge < -0.3 is 5.11 Å². The maximum atomic E-state index is 12.0. The van der Waals surface area contributed by atoms with Crippen molar-refractivity contribution in [2.24, 2.45) is 5.92 Å². The fraction of sp³-hybridized carbons (Fsp3) is 0.444. The summed E-state index contributed by atoms with van der Waals surface area (Å²) in [7, 11) is 0. The van der Waals surface area contributed by atoms with Crippen LogP contribution in [0.4, 0.5) is 8.78 Å². The molecule has 14 heavy (non-hydrogen) atoms. The van der Waals surface area contributed by atoms with E-state index in [1.54, 1.807) is 12.1 Å². The number of alkyl halides is 2. The molecule has 0 amide bonds. The van der Waals surface area contributed by atoms with Crippen LogP contribution in [0.2, 0.25) is 0 Å². The Morgan fingerprint density at radius 1 is 1.57 bits per heavy atom. The first-order valence-electron chi connectivity index (χ1n) is 4.00. The monoisotopic (exact) mass is 201 g/mol. The van der Waals surface area contributed by atoms with E-state index in [4.69, 9.17) is 5.26 Å². The Morgan fingerprint density at radius 2 is 2.29 bits per heavy atom. The van der Waals surface area contributed by atoms with Crippen molar-refractivity contribution in [2.45, 2.75) is 18.8 Å². The molecular formula is C9H9F2NO2. The zero-order valence-corrected chi connectivity index (χ0v) is 7.23. The van der Waals surface area contributed by atoms with Gasteiger partial charge in [0.1, 0.15) is 0 Å². The second kappa shape index (κ2) is 4.31. The summed E-state index contributed by atoms with van der Waals surface area (Å²) in [5.41, 5.74) is 0. The Kier molecular flexibility index (Phi) is 3.33. The van der Waals surface area contributed by atoms with Gasteiger partial charge in [-0.1, -0.05) is 18.2 Å². The number of halogens is 2. The number of ether oxygens (including phenoxy) is 1. The maximum Gasteiger partial charge on any atom is 0.347 e. The van der Waals surface area contributed by atoms with Crippen LogP contribution in [-0.4, -0.2) is 17.5 Å². The predicted molar refractivity (Wildman–Crippen MR) is 44.0 cm³/mol. The second-order valence-electron chi connectivity index (χ2n) is 2.84. The Bertz CT molecular complexity index is 296. The van der Waals surface area contributed by atoms with Crippen molar-refractivity contribution in [3.63, 3.8) is 0 Å². The van der Waals surface area contributed by atoms with Crippen molar-refractivity contribution in [1.29, 1.82) is 5.26 Å². The number of hydrogen-bond donors (Lipinski definition) is 1. The molecule has 0 bridgehead atoms. The minimum atomic E-state index is -3.07. The lowest BCUT2D eigenvalue weighted by atomic mass is 9.91. The molecule has 0 heterocycles. The van der Waals surface area contributed by atoms with Crippen molar-refractivity contribution in [3.05, 3.63) is 24.3 Å². The summed E-state index contributed by atoms with van der Waals surface area (Å²) < 4.78 is 28.0. The minimum Gasteiger partial charge on any atom is -0.362 e. The lowest BCUT2D eigenvalue weighted by Gasteiger charge is -2.31. The molecule has 0 aromatic carbocycles. The molecule has 1 rings (SSSR count). The van der Waals surface area contributed by atoms with Crippen LogP contribution in [0.5, 0.6) is 0 Å². The van der Waals surface area contributed by atoms with E-state index in [0.29, 0.717) is 0 Å². The van der Waals surface area contributed by atoms with Gasteiger partial charge in [-0.2, -0.15) is 14.0 Å². The van der Waals surface area contributed by atoms with Crippen LogP contribution in [0.1, 0.15) is 6.42 Å². The molecule has 0 spiro atoms. The number of hydrogen-bond acceptors (Lipinski definition) is 3. The molecule has 2 unspecified atom stereocenters. The van der Waals surface area contributed by atoms with Crippen LogP contribution in [0.3, 0.4) is 0 Å². The van der Waals surface area contributed by atoms with Crippen molar-refractivity contribution in [1.82, 2.24) is 0 Å². The van der Waals surface area contributed by atoms with Crippen molar-refractivity contribution in [3.8, 4) is 6.07 Å². The highest BCUT2D eigenvalue weighted by molar-refractivity contribution is 5.19. The molecule has 1 N–H and O–H groups in total. The highest BCUT2D eigenvalue weighted by atomic mass is 19.3. The molecule has 5 heteroatoms. The molecule has 0 aliphatic heterocycles. The summed E-state index contributed by atoms with van der Waals surface area (Å²) in [5, 5.41) is 18.1. The highest BCUT2D eigenvalue weighted by Gasteiger charge is 2.37. The molecule has 3 nitrogen and oxygen atoms in total. The topological polar surface area (TPSA) is 53.2 Å². The Labute approximate surface area is 79.9 Å². The zero-order valence-electron chi connectivity index (χ0n) is 7.23. The van der Waals surface area contributed by atoms with E-state index < -0.39 is 18.3 Å². The van der Waals surface area contributed by atoms with Crippen LogP contribution in [0.15, 0.2) is 24.3 Å². The van der Waals surface area contributed by atoms with Crippen LogP contribution < -0.4 is 0 Å². The number of nitrogens with zero attached hydrogens (tertiary/aromatic N) is 1. The standard InChI is InChI=1S/C9H9F2NO2/c10-8(11)14-9(13)5-2-1-3-7(9)4-6-12/h1-3,5,7-8,13H,4H2. The third-order valence-electron chi connectivity index (χ3n) is 1.91. The smallest absolute Gasteiger partial charge is 0.347 e. The van der Waals surface area contributed by atoms with Gasteiger partial charge in [0.15, 0.2) is 5.79 Å². The average molecular weight is 201 g/mol. The van der Waals surface area contributed by atoms with Crippen molar-refractivity contribution >= 4 is 0 Å². The molecule has 1 aliphatic carbocycles. The van der Waals surface area contributed by atoms with E-state index in [0.717, 1.165) is 6.08 Å². The first-order valence-corrected chi connectivity index (χ1v) is 4.00. The molecule has 0 saturated heterocycles. The van der Waals surface area contributed by atoms with E-state index in [-0.39, 0.29) is 6.42 Å². The Hall–Kier alpha value is -1.25. The molecule has 0 radical (unpaired) electrons. The lowest BCUT2D eigenvalue weighted by molar-refractivity contribution is -0.284. The SMILES string of the molecule is N#CCC1C=CC=CC1(O)OC(F)F. The molecule has 0 aromatic heterocycles. The van der Waals surface area contributed by atoms with Gasteiger partial charge in [0, 0.05) is 12.3 Å². The molecule has 0 aromatic rings. The lowest BCUT2D eigenvalue weighted by Crippen LogP contribution is -2.40. The van der Waals surface area contributed by atoms with E-state index in [1.165, 1.54) is 12.2 Å². The van der Waals surface area contributed by atoms with E-state index in [9.17, 15) is 13.9 Å². The summed E-state index contributed by atoms with van der Waals surface area (Å²) in [4.78, 5) is 0. The van der Waals surface area contributed by atoms with Crippen LogP contribution in [0, 0.1) is 17.2 Å². The van der Waals surface area contributed by atoms with Gasteiger partial charge in [-0.25, -0.2) is 0 Å². The molecular weight excluding hydrogens is 192 g/mol. The van der Waals surface area contributed by atoms with Gasteiger partial charge in [-0.3, -0.25) is 4.74 Å². The number of allylic oxidation sites excluding steroid dienone is 2. The van der Waals surface area contributed by atoms with Crippen LogP contribution in [0.25, 0.3) is 0 Å². The molecule has 1 aliphatic rings. The molecule has 0 saturated carbocycles. The van der Waals surface area contributed by atoms with E-state index >= 15 is 0 Å². The van der Waals surface area contributed by atoms with Crippen molar-refractivity contribution < 1.29 is 18.6 Å². The van der Waals surface area contributed by atoms with Crippen molar-refractivity contribution in [2.75, 3.05) is 0 Å². The minimum absolute atomic E-state index is 0.0793. The summed E-state index contributed by atoms with van der Waals surface area (Å²) in [6, 6.07) is 1.80. The van der Waals surface area contributed by atoms with E-state index in [1.807, 2.05) is 0 Å². The second-order valence-corrected chi connectivity index (χ2v) is 2.84. The third kappa shape index (κ3) is 2.37. The molecule has 76 valence electrons. The number of aliphatic hydroxyl groups is 1. The fourth-order valence-corrected chi connectivity index (χ4v) is 1.24. The summed E-state index contributed by atoms with van der Waals surface area (Å²) in [6.45, 7) is -3.07. The number of rotatable bonds is 3. The van der Waals surface area contributed by atoms with Crippen LogP contribution >= 0.6 is 0 Å². The van der Waals surface area contributed by atoms with Gasteiger partial charge in [0.05, 0.1) is 6.07 Å². The Balaban J connectivity index is 2.78. The normalized spacial score (nSPS) is 30.6.